The monoisotopic (exact) mass is 539 g/mol. The molecule has 2 heterocycles. The second-order valence-electron chi connectivity index (χ2n) is 10.3. The van der Waals surface area contributed by atoms with Crippen LogP contribution in [0.5, 0.6) is 5.75 Å². The summed E-state index contributed by atoms with van der Waals surface area (Å²) in [6.07, 6.45) is 2.52. The number of carbonyl (C=O) groups excluding carboxylic acids is 1. The van der Waals surface area contributed by atoms with E-state index in [2.05, 4.69) is 10.2 Å². The smallest absolute Gasteiger partial charge is 0.243 e. The average Bonchev–Trinajstić information content (AvgIpc) is 3.38. The van der Waals surface area contributed by atoms with E-state index < -0.39 is 10.0 Å². The van der Waals surface area contributed by atoms with Crippen LogP contribution in [-0.4, -0.2) is 86.4 Å². The summed E-state index contributed by atoms with van der Waals surface area (Å²) in [7, 11) is -3.77. The largest absolute Gasteiger partial charge is 0.492 e. The molecule has 0 saturated carbocycles. The molecule has 0 unspecified atom stereocenters. The van der Waals surface area contributed by atoms with Gasteiger partial charge in [0.2, 0.25) is 15.9 Å². The lowest BCUT2D eigenvalue weighted by Gasteiger charge is -2.43. The van der Waals surface area contributed by atoms with Gasteiger partial charge >= 0.3 is 0 Å². The molecular formula is C28H37N5O4S. The highest BCUT2D eigenvalue weighted by Crippen LogP contribution is 2.26. The fourth-order valence-corrected chi connectivity index (χ4v) is 7.28. The van der Waals surface area contributed by atoms with Crippen LogP contribution < -0.4 is 10.1 Å². The topological polar surface area (TPSA) is 106 Å². The van der Waals surface area contributed by atoms with Gasteiger partial charge in [-0.1, -0.05) is 6.07 Å². The zero-order valence-electron chi connectivity index (χ0n) is 22.4. The molecule has 0 bridgehead atoms. The van der Waals surface area contributed by atoms with Crippen LogP contribution in [0.3, 0.4) is 0 Å². The van der Waals surface area contributed by atoms with Crippen molar-refractivity contribution >= 4 is 21.6 Å². The third-order valence-electron chi connectivity index (χ3n) is 7.17. The van der Waals surface area contributed by atoms with Gasteiger partial charge in [-0.15, -0.1) is 0 Å². The maximum absolute atomic E-state index is 13.3. The minimum absolute atomic E-state index is 0.111. The SMILES string of the molecule is Cc1cc(OCCN2CCCC2)ccc1NC(=O)CN1C[C@@H](C)N(S(=O)(=O)c2cccc(C#N)c2)[C@@H](C)C1. The van der Waals surface area contributed by atoms with Gasteiger partial charge in [0.05, 0.1) is 23.1 Å². The summed E-state index contributed by atoms with van der Waals surface area (Å²) >= 11 is 0. The molecule has 2 aliphatic rings. The summed E-state index contributed by atoms with van der Waals surface area (Å²) < 4.78 is 34.1. The first-order chi connectivity index (χ1) is 18.2. The van der Waals surface area contributed by atoms with Crippen molar-refractivity contribution in [2.24, 2.45) is 0 Å². The molecule has 1 N–H and O–H groups in total. The fourth-order valence-electron chi connectivity index (χ4n) is 5.43. The maximum atomic E-state index is 13.3. The Morgan fingerprint density at radius 2 is 1.79 bits per heavy atom. The maximum Gasteiger partial charge on any atom is 0.243 e. The number of nitrogens with zero attached hydrogens (tertiary/aromatic N) is 4. The molecule has 204 valence electrons. The number of carbonyl (C=O) groups is 1. The van der Waals surface area contributed by atoms with Crippen molar-refractivity contribution in [2.45, 2.75) is 50.6 Å². The third kappa shape index (κ3) is 6.72. The molecule has 2 aromatic carbocycles. The van der Waals surface area contributed by atoms with Crippen molar-refractivity contribution in [1.82, 2.24) is 14.1 Å². The number of nitriles is 1. The van der Waals surface area contributed by atoms with Crippen LogP contribution in [0.4, 0.5) is 5.69 Å². The first kappa shape index (κ1) is 28.0. The molecule has 10 heteroatoms. The van der Waals surface area contributed by atoms with E-state index in [1.165, 1.54) is 29.3 Å². The summed E-state index contributed by atoms with van der Waals surface area (Å²) in [6.45, 7) is 10.5. The zero-order valence-corrected chi connectivity index (χ0v) is 23.2. The number of ether oxygens (including phenoxy) is 1. The first-order valence-corrected chi connectivity index (χ1v) is 14.6. The number of sulfonamides is 1. The Morgan fingerprint density at radius 3 is 2.45 bits per heavy atom. The summed E-state index contributed by atoms with van der Waals surface area (Å²) in [4.78, 5) is 17.4. The first-order valence-electron chi connectivity index (χ1n) is 13.2. The average molecular weight is 540 g/mol. The van der Waals surface area contributed by atoms with Crippen LogP contribution in [0.25, 0.3) is 0 Å². The highest BCUT2D eigenvalue weighted by molar-refractivity contribution is 7.89. The van der Waals surface area contributed by atoms with Gasteiger partial charge in [-0.2, -0.15) is 9.57 Å². The molecule has 0 radical (unpaired) electrons. The van der Waals surface area contributed by atoms with Gasteiger partial charge in [0.1, 0.15) is 12.4 Å². The Hall–Kier alpha value is -2.97. The number of amides is 1. The van der Waals surface area contributed by atoms with Gasteiger partial charge in [-0.05, 0) is 88.7 Å². The Morgan fingerprint density at radius 1 is 1.08 bits per heavy atom. The van der Waals surface area contributed by atoms with E-state index in [-0.39, 0.29) is 29.4 Å². The third-order valence-corrected chi connectivity index (χ3v) is 9.29. The van der Waals surface area contributed by atoms with Crippen molar-refractivity contribution in [3.63, 3.8) is 0 Å². The van der Waals surface area contributed by atoms with Gasteiger partial charge in [0, 0.05) is 37.4 Å². The molecule has 0 aliphatic carbocycles. The lowest BCUT2D eigenvalue weighted by atomic mass is 10.1. The van der Waals surface area contributed by atoms with Gasteiger partial charge in [0.25, 0.3) is 0 Å². The minimum Gasteiger partial charge on any atom is -0.492 e. The molecular weight excluding hydrogens is 502 g/mol. The molecule has 38 heavy (non-hydrogen) atoms. The molecule has 9 nitrogen and oxygen atoms in total. The second kappa shape index (κ2) is 12.3. The van der Waals surface area contributed by atoms with E-state index in [9.17, 15) is 13.2 Å². The van der Waals surface area contributed by atoms with E-state index >= 15 is 0 Å². The second-order valence-corrected chi connectivity index (χ2v) is 12.1. The van der Waals surface area contributed by atoms with Crippen LogP contribution in [0.2, 0.25) is 0 Å². The van der Waals surface area contributed by atoms with Gasteiger partial charge < -0.3 is 10.1 Å². The van der Waals surface area contributed by atoms with E-state index in [1.807, 2.05) is 49.9 Å². The standard InChI is InChI=1S/C28H37N5O4S/c1-21-15-25(37-14-13-31-11-4-5-12-31)9-10-27(21)30-28(34)20-32-18-22(2)33(23(3)19-32)38(35,36)26-8-6-7-24(16-26)17-29/h6-10,15-16,22-23H,4-5,11-14,18-20H2,1-3H3,(H,30,34)/t22-,23+. The fraction of sp³-hybridized carbons (Fsp3) is 0.500. The van der Waals surface area contributed by atoms with E-state index in [0.717, 1.165) is 36.6 Å². The molecule has 2 atom stereocenters. The molecule has 2 saturated heterocycles. The lowest BCUT2D eigenvalue weighted by Crippen LogP contribution is -2.59. The molecule has 0 spiro atoms. The Bertz CT molecular complexity index is 1270. The summed E-state index contributed by atoms with van der Waals surface area (Å²) in [5.74, 6) is 0.646. The number of rotatable bonds is 9. The quantitative estimate of drug-likeness (QED) is 0.522. The lowest BCUT2D eigenvalue weighted by molar-refractivity contribution is -0.118. The van der Waals surface area contributed by atoms with Gasteiger partial charge in [-0.3, -0.25) is 14.6 Å². The van der Waals surface area contributed by atoms with Crippen molar-refractivity contribution in [3.8, 4) is 11.8 Å². The van der Waals surface area contributed by atoms with Crippen LogP contribution in [0.15, 0.2) is 47.4 Å². The summed E-state index contributed by atoms with van der Waals surface area (Å²) in [6, 6.07) is 13.1. The van der Waals surface area contributed by atoms with Gasteiger partial charge in [-0.25, -0.2) is 8.42 Å². The molecule has 2 fully saturated rings. The Kier molecular flexibility index (Phi) is 9.05. The number of benzene rings is 2. The van der Waals surface area contributed by atoms with E-state index in [0.29, 0.717) is 25.3 Å². The number of hydrogen-bond acceptors (Lipinski definition) is 7. The van der Waals surface area contributed by atoms with Crippen molar-refractivity contribution in [3.05, 3.63) is 53.6 Å². The number of hydrogen-bond donors (Lipinski definition) is 1. The predicted octanol–water partition coefficient (Wildman–Crippen LogP) is 3.06. The Labute approximate surface area is 226 Å². The van der Waals surface area contributed by atoms with Crippen LogP contribution in [-0.2, 0) is 14.8 Å². The van der Waals surface area contributed by atoms with Crippen LogP contribution in [0.1, 0.15) is 37.8 Å². The number of nitrogens with one attached hydrogen (secondary N) is 1. The summed E-state index contributed by atoms with van der Waals surface area (Å²) in [5, 5.41) is 12.1. The Balaban J connectivity index is 1.31. The number of anilines is 1. The molecule has 2 aliphatic heterocycles. The highest BCUT2D eigenvalue weighted by atomic mass is 32.2. The molecule has 2 aromatic rings. The predicted molar refractivity (Wildman–Crippen MR) is 147 cm³/mol. The van der Waals surface area contributed by atoms with Crippen molar-refractivity contribution in [2.75, 3.05) is 51.2 Å². The number of likely N-dealkylation sites (tertiary alicyclic amines) is 1. The number of piperazine rings is 1. The number of aryl methyl sites for hydroxylation is 1. The van der Waals surface area contributed by atoms with Crippen LogP contribution in [0, 0.1) is 18.3 Å². The molecule has 0 aromatic heterocycles. The van der Waals surface area contributed by atoms with E-state index in [4.69, 9.17) is 10.00 Å². The van der Waals surface area contributed by atoms with Crippen molar-refractivity contribution in [1.29, 1.82) is 5.26 Å². The minimum atomic E-state index is -3.77. The van der Waals surface area contributed by atoms with Gasteiger partial charge in [0.15, 0.2) is 0 Å². The molecule has 1 amide bonds. The normalized spacial score (nSPS) is 21.2. The van der Waals surface area contributed by atoms with E-state index in [1.54, 1.807) is 12.1 Å². The highest BCUT2D eigenvalue weighted by Gasteiger charge is 2.38. The van der Waals surface area contributed by atoms with Crippen LogP contribution >= 0.6 is 0 Å². The molecule has 4 rings (SSSR count). The summed E-state index contributed by atoms with van der Waals surface area (Å²) in [5.41, 5.74) is 1.97. The van der Waals surface area contributed by atoms with Crippen molar-refractivity contribution < 1.29 is 17.9 Å². The zero-order chi connectivity index (χ0) is 27.3.